The second-order valence-electron chi connectivity index (χ2n) is 9.29. The zero-order chi connectivity index (χ0) is 18.3. The van der Waals surface area contributed by atoms with Gasteiger partial charge < -0.3 is 5.32 Å². The van der Waals surface area contributed by atoms with Gasteiger partial charge in [-0.2, -0.15) is 0 Å². The fourth-order valence-electron chi connectivity index (χ4n) is 4.70. The van der Waals surface area contributed by atoms with Crippen molar-refractivity contribution in [3.05, 3.63) is 64.2 Å². The molecule has 26 heavy (non-hydrogen) atoms. The van der Waals surface area contributed by atoms with Crippen molar-refractivity contribution in [2.75, 3.05) is 18.4 Å². The number of nitrogens with one attached hydrogen (secondary N) is 1. The third kappa shape index (κ3) is 3.53. The maximum absolute atomic E-state index is 3.60. The Morgan fingerprint density at radius 2 is 1.92 bits per heavy atom. The molecule has 2 heteroatoms. The Hall–Kier alpha value is -1.80. The van der Waals surface area contributed by atoms with E-state index in [0.717, 1.165) is 26.2 Å². The van der Waals surface area contributed by atoms with E-state index < -0.39 is 0 Å². The molecule has 0 aromatic heterocycles. The van der Waals surface area contributed by atoms with Gasteiger partial charge in [0.15, 0.2) is 0 Å². The van der Waals surface area contributed by atoms with Crippen LogP contribution in [0.25, 0.3) is 0 Å². The normalized spacial score (nSPS) is 20.2. The average Bonchev–Trinajstić information content (AvgIpc) is 2.60. The standard InChI is InChI=1S/C24H32N2/c1-17-5-7-19-10-12-26(16-20(19)13-17)15-18-6-8-23-21(14-18)22(9-11-25-23)24(2,3)4/h5-8,13-14,22,25H,9-12,15-16H2,1-4H3. The second kappa shape index (κ2) is 6.74. The van der Waals surface area contributed by atoms with Gasteiger partial charge in [-0.1, -0.05) is 56.7 Å². The molecule has 2 nitrogen and oxygen atoms in total. The summed E-state index contributed by atoms with van der Waals surface area (Å²) in [6.45, 7) is 13.7. The summed E-state index contributed by atoms with van der Waals surface area (Å²) in [7, 11) is 0. The van der Waals surface area contributed by atoms with Crippen LogP contribution in [0.4, 0.5) is 5.69 Å². The Kier molecular flexibility index (Phi) is 4.56. The zero-order valence-electron chi connectivity index (χ0n) is 16.7. The summed E-state index contributed by atoms with van der Waals surface area (Å²) in [5, 5.41) is 3.60. The molecule has 0 amide bonds. The van der Waals surface area contributed by atoms with Crippen molar-refractivity contribution in [2.45, 2.75) is 59.5 Å². The molecule has 0 aliphatic carbocycles. The van der Waals surface area contributed by atoms with Crippen molar-refractivity contribution in [3.8, 4) is 0 Å². The number of hydrogen-bond acceptors (Lipinski definition) is 2. The monoisotopic (exact) mass is 348 g/mol. The van der Waals surface area contributed by atoms with Crippen LogP contribution in [0, 0.1) is 12.3 Å². The molecule has 0 fully saturated rings. The molecule has 0 spiro atoms. The van der Waals surface area contributed by atoms with Crippen LogP contribution in [0.3, 0.4) is 0 Å². The average molecular weight is 349 g/mol. The Balaban J connectivity index is 1.55. The third-order valence-corrected chi connectivity index (χ3v) is 6.14. The molecule has 2 aromatic carbocycles. The summed E-state index contributed by atoms with van der Waals surface area (Å²) < 4.78 is 0. The van der Waals surface area contributed by atoms with Crippen LogP contribution in [0.2, 0.25) is 0 Å². The number of benzene rings is 2. The van der Waals surface area contributed by atoms with Gasteiger partial charge in [-0.25, -0.2) is 0 Å². The van der Waals surface area contributed by atoms with Crippen molar-refractivity contribution < 1.29 is 0 Å². The summed E-state index contributed by atoms with van der Waals surface area (Å²) in [6, 6.07) is 14.0. The van der Waals surface area contributed by atoms with Gasteiger partial charge >= 0.3 is 0 Å². The summed E-state index contributed by atoms with van der Waals surface area (Å²) in [6.07, 6.45) is 2.41. The summed E-state index contributed by atoms with van der Waals surface area (Å²) >= 11 is 0. The van der Waals surface area contributed by atoms with Crippen molar-refractivity contribution in [1.29, 1.82) is 0 Å². The molecule has 0 bridgehead atoms. The lowest BCUT2D eigenvalue weighted by Crippen LogP contribution is -2.30. The molecule has 2 aliphatic rings. The molecule has 138 valence electrons. The predicted octanol–water partition coefficient (Wildman–Crippen LogP) is 5.50. The molecule has 0 saturated heterocycles. The Morgan fingerprint density at radius 1 is 1.08 bits per heavy atom. The number of fused-ring (bicyclic) bond motifs is 2. The van der Waals surface area contributed by atoms with E-state index in [9.17, 15) is 0 Å². The van der Waals surface area contributed by atoms with Crippen molar-refractivity contribution in [2.24, 2.45) is 5.41 Å². The SMILES string of the molecule is Cc1ccc2c(c1)CN(Cc1ccc3c(c1)C(C(C)(C)C)CCN3)CC2. The van der Waals surface area contributed by atoms with Crippen LogP contribution in [0.5, 0.6) is 0 Å². The minimum atomic E-state index is 0.317. The molecule has 1 unspecified atom stereocenters. The summed E-state index contributed by atoms with van der Waals surface area (Å²) in [5.74, 6) is 0.642. The van der Waals surface area contributed by atoms with Crippen LogP contribution < -0.4 is 5.32 Å². The van der Waals surface area contributed by atoms with Crippen molar-refractivity contribution in [1.82, 2.24) is 4.90 Å². The highest BCUT2D eigenvalue weighted by Gasteiger charge is 2.30. The minimum absolute atomic E-state index is 0.317. The molecule has 4 rings (SSSR count). The summed E-state index contributed by atoms with van der Waals surface area (Å²) in [4.78, 5) is 2.60. The molecule has 2 aromatic rings. The van der Waals surface area contributed by atoms with Crippen LogP contribution in [0.15, 0.2) is 36.4 Å². The van der Waals surface area contributed by atoms with E-state index in [1.54, 1.807) is 0 Å². The number of hydrogen-bond donors (Lipinski definition) is 1. The number of aryl methyl sites for hydroxylation is 1. The first kappa shape index (κ1) is 17.6. The molecule has 0 radical (unpaired) electrons. The maximum Gasteiger partial charge on any atom is 0.0375 e. The fraction of sp³-hybridized carbons (Fsp3) is 0.500. The van der Waals surface area contributed by atoms with Gasteiger partial charge in [-0.3, -0.25) is 4.90 Å². The van der Waals surface area contributed by atoms with E-state index in [-0.39, 0.29) is 0 Å². The van der Waals surface area contributed by atoms with Crippen LogP contribution in [0.1, 0.15) is 60.9 Å². The van der Waals surface area contributed by atoms with Gasteiger partial charge in [0, 0.05) is 31.9 Å². The molecular weight excluding hydrogens is 316 g/mol. The quantitative estimate of drug-likeness (QED) is 0.771. The lowest BCUT2D eigenvalue weighted by molar-refractivity contribution is 0.245. The van der Waals surface area contributed by atoms with E-state index in [1.165, 1.54) is 46.3 Å². The lowest BCUT2D eigenvalue weighted by atomic mass is 9.72. The smallest absolute Gasteiger partial charge is 0.0375 e. The van der Waals surface area contributed by atoms with Crippen molar-refractivity contribution >= 4 is 5.69 Å². The zero-order valence-corrected chi connectivity index (χ0v) is 16.7. The highest BCUT2D eigenvalue weighted by Crippen LogP contribution is 2.43. The van der Waals surface area contributed by atoms with Gasteiger partial charge in [0.1, 0.15) is 0 Å². The highest BCUT2D eigenvalue weighted by atomic mass is 15.1. The fourth-order valence-corrected chi connectivity index (χ4v) is 4.70. The van der Waals surface area contributed by atoms with Gasteiger partial charge in [0.05, 0.1) is 0 Å². The Morgan fingerprint density at radius 3 is 2.73 bits per heavy atom. The molecule has 0 saturated carbocycles. The molecule has 2 aliphatic heterocycles. The first-order chi connectivity index (χ1) is 12.4. The number of anilines is 1. The predicted molar refractivity (Wildman–Crippen MR) is 111 cm³/mol. The first-order valence-electron chi connectivity index (χ1n) is 10.1. The van der Waals surface area contributed by atoms with E-state index in [2.05, 4.69) is 74.3 Å². The first-order valence-corrected chi connectivity index (χ1v) is 10.1. The minimum Gasteiger partial charge on any atom is -0.385 e. The maximum atomic E-state index is 3.60. The topological polar surface area (TPSA) is 15.3 Å². The number of rotatable bonds is 2. The van der Waals surface area contributed by atoms with Crippen LogP contribution in [-0.4, -0.2) is 18.0 Å². The van der Waals surface area contributed by atoms with Gasteiger partial charge in [-0.15, -0.1) is 0 Å². The van der Waals surface area contributed by atoms with Crippen LogP contribution >= 0.6 is 0 Å². The van der Waals surface area contributed by atoms with E-state index in [0.29, 0.717) is 11.3 Å². The molecular formula is C24H32N2. The third-order valence-electron chi connectivity index (χ3n) is 6.14. The number of nitrogens with zero attached hydrogens (tertiary/aromatic N) is 1. The molecule has 1 N–H and O–H groups in total. The van der Waals surface area contributed by atoms with E-state index in [1.807, 2.05) is 0 Å². The van der Waals surface area contributed by atoms with E-state index >= 15 is 0 Å². The molecule has 2 heterocycles. The second-order valence-corrected chi connectivity index (χ2v) is 9.29. The largest absolute Gasteiger partial charge is 0.385 e. The van der Waals surface area contributed by atoms with Gasteiger partial charge in [0.2, 0.25) is 0 Å². The van der Waals surface area contributed by atoms with E-state index in [4.69, 9.17) is 0 Å². The van der Waals surface area contributed by atoms with Gasteiger partial charge in [0.25, 0.3) is 0 Å². The Labute approximate surface area is 158 Å². The van der Waals surface area contributed by atoms with Gasteiger partial charge in [-0.05, 0) is 59.4 Å². The van der Waals surface area contributed by atoms with Crippen LogP contribution in [-0.2, 0) is 19.5 Å². The molecule has 1 atom stereocenters. The highest BCUT2D eigenvalue weighted by molar-refractivity contribution is 5.56. The Bertz CT molecular complexity index is 800. The lowest BCUT2D eigenvalue weighted by Gasteiger charge is -2.37. The van der Waals surface area contributed by atoms with Crippen molar-refractivity contribution in [3.63, 3.8) is 0 Å². The summed E-state index contributed by atoms with van der Waals surface area (Å²) in [5.41, 5.74) is 9.07.